The second-order valence-corrected chi connectivity index (χ2v) is 22.5. The molecule has 0 aliphatic carbocycles. The molecule has 7 unspecified atom stereocenters. The molecule has 414 valence electrons. The fraction of sp³-hybridized carbons (Fsp3) is 0.452. The monoisotopic (exact) mass is 1080 g/mol. The van der Waals surface area contributed by atoms with Crippen LogP contribution in [0.15, 0.2) is 97.3 Å². The lowest BCUT2D eigenvalue weighted by atomic mass is 10.0. The van der Waals surface area contributed by atoms with Crippen molar-refractivity contribution < 1.29 is 20.1 Å². The number of likely N-dealkylation sites (tertiary alicyclic amines) is 2. The predicted molar refractivity (Wildman–Crippen MR) is 312 cm³/mol. The van der Waals surface area contributed by atoms with Crippen LogP contribution in [-0.4, -0.2) is 164 Å². The summed E-state index contributed by atoms with van der Waals surface area (Å²) < 4.78 is 6.88. The molecule has 7 atom stereocenters. The number of ether oxygens (including phenoxy) is 1. The number of para-hydroxylation sites is 2. The molecule has 4 aromatic heterocycles. The third-order valence-electron chi connectivity index (χ3n) is 17.4. The zero-order valence-electron chi connectivity index (χ0n) is 45.4. The van der Waals surface area contributed by atoms with Gasteiger partial charge in [-0.25, -0.2) is 9.97 Å². The summed E-state index contributed by atoms with van der Waals surface area (Å²) >= 11 is 0. The minimum Gasteiger partial charge on any atom is -0.507 e. The highest BCUT2D eigenvalue weighted by Gasteiger charge is 2.42. The van der Waals surface area contributed by atoms with Gasteiger partial charge in [0.15, 0.2) is 11.6 Å². The Morgan fingerprint density at radius 2 is 1.14 bits per heavy atom. The third kappa shape index (κ3) is 11.5. The number of nitrogens with zero attached hydrogens (tertiary/aromatic N) is 12. The van der Waals surface area contributed by atoms with E-state index in [1.165, 1.54) is 0 Å². The summed E-state index contributed by atoms with van der Waals surface area (Å²) in [6.07, 6.45) is 13.5. The molecule has 12 rings (SSSR count). The Labute approximate surface area is 468 Å². The van der Waals surface area contributed by atoms with Crippen molar-refractivity contribution in [1.82, 2.24) is 40.2 Å². The van der Waals surface area contributed by atoms with Crippen LogP contribution < -0.4 is 35.8 Å². The number of nitrogens with two attached hydrogens (primary N) is 2. The van der Waals surface area contributed by atoms with Crippen LogP contribution in [0.1, 0.15) is 75.6 Å². The second-order valence-electron chi connectivity index (χ2n) is 22.5. The van der Waals surface area contributed by atoms with E-state index < -0.39 is 0 Å². The molecule has 6 aliphatic heterocycles. The van der Waals surface area contributed by atoms with E-state index in [0.29, 0.717) is 66.1 Å². The summed E-state index contributed by atoms with van der Waals surface area (Å²) in [6.45, 7) is 7.43. The molecule has 6 aromatic rings. The minimum atomic E-state index is -0.131. The molecule has 80 heavy (non-hydrogen) atoms. The average molecular weight is 1080 g/mol. The van der Waals surface area contributed by atoms with Crippen molar-refractivity contribution in [2.45, 2.75) is 101 Å². The Morgan fingerprint density at radius 3 is 1.74 bits per heavy atom. The second kappa shape index (κ2) is 23.9. The molecular formula is C62H72N14O4. The molecule has 0 saturated carbocycles. The normalized spacial score (nSPS) is 24.1. The number of phenols is 1. The molecule has 6 aliphatic rings. The molecular weight excluding hydrogens is 1000 g/mol. The van der Waals surface area contributed by atoms with Crippen LogP contribution in [0.5, 0.6) is 11.5 Å². The lowest BCUT2D eigenvalue weighted by Gasteiger charge is -2.43. The minimum absolute atomic E-state index is 0.00612. The maximum atomic E-state index is 10.8. The van der Waals surface area contributed by atoms with E-state index >= 15 is 0 Å². The van der Waals surface area contributed by atoms with Crippen LogP contribution >= 0.6 is 0 Å². The quantitative estimate of drug-likeness (QED) is 0.0879. The standard InChI is InChI=1S/C62H72N14O4/c63-61-57(34-55(67-69-61)53-13-1-3-15-59(53)79)73-36-47-17-18-48(37-73)76(47)46-22-25-66-44(32-46)11-7-28-72-29-8-12-52(33-51(72)41-78)80-60-16-4-2-14-54(60)56-35-58(62(64)70-68-56)74-38-49-19-20-50(39-74)75(49)45-21-24-65-43(31-45)10-6-27-71-26-5-9-42(40-77)23-30-71/h1-4,13-16,21-22,24-25,31-32,34-35,42,47-52,77-79H,5,8-9,12,17-20,23,26-30,33,36-41H2,(H2,63,69)(H2,64,70). The maximum absolute atomic E-state index is 10.8. The maximum Gasteiger partial charge on any atom is 0.169 e. The Balaban J connectivity index is 0.666. The SMILES string of the molecule is Nc1nnc(-c2ccccc2O)cc1N1CC2CCC(C1)N2c1ccnc(C#CCN2CCCC(Oc3ccccc3-c3cc(N4CC5CCC(C4)N5c4ccnc(C#CCN5CCCC(CO)CC5)c4)c(N)nn3)CC2CO)c1. The summed E-state index contributed by atoms with van der Waals surface area (Å²) in [7, 11) is 0. The number of piperazine rings is 2. The first kappa shape index (κ1) is 52.9. The lowest BCUT2D eigenvalue weighted by Crippen LogP contribution is -2.54. The molecule has 0 amide bonds. The van der Waals surface area contributed by atoms with Crippen molar-refractivity contribution in [1.29, 1.82) is 0 Å². The van der Waals surface area contributed by atoms with Gasteiger partial charge in [-0.2, -0.15) is 0 Å². The molecule has 6 saturated heterocycles. The number of fused-ring (bicyclic) bond motifs is 4. The van der Waals surface area contributed by atoms with Crippen molar-refractivity contribution in [3.8, 4) is 57.7 Å². The van der Waals surface area contributed by atoms with Gasteiger partial charge in [-0.05, 0) is 156 Å². The number of aromatic hydroxyl groups is 1. The number of aliphatic hydroxyl groups excluding tert-OH is 2. The van der Waals surface area contributed by atoms with Gasteiger partial charge in [0.05, 0.1) is 42.5 Å². The third-order valence-corrected chi connectivity index (χ3v) is 17.4. The van der Waals surface area contributed by atoms with E-state index in [-0.39, 0.29) is 43.2 Å². The number of pyridine rings is 2. The fourth-order valence-electron chi connectivity index (χ4n) is 13.4. The van der Waals surface area contributed by atoms with Gasteiger partial charge in [-0.3, -0.25) is 9.80 Å². The average Bonchev–Trinajstić information content (AvgIpc) is 3.70. The van der Waals surface area contributed by atoms with Crippen LogP contribution in [0.4, 0.5) is 34.4 Å². The summed E-state index contributed by atoms with van der Waals surface area (Å²) in [4.78, 5) is 23.7. The summed E-state index contributed by atoms with van der Waals surface area (Å²) in [5, 5.41) is 48.7. The number of hydrogen-bond acceptors (Lipinski definition) is 18. The van der Waals surface area contributed by atoms with Crippen LogP contribution in [0.3, 0.4) is 0 Å². The first-order chi connectivity index (χ1) is 39.2. The van der Waals surface area contributed by atoms with Crippen LogP contribution in [-0.2, 0) is 0 Å². The van der Waals surface area contributed by atoms with E-state index in [9.17, 15) is 15.3 Å². The van der Waals surface area contributed by atoms with Gasteiger partial charge in [0.2, 0.25) is 0 Å². The number of benzene rings is 2. The van der Waals surface area contributed by atoms with Gasteiger partial charge in [0.1, 0.15) is 29.0 Å². The largest absolute Gasteiger partial charge is 0.507 e. The van der Waals surface area contributed by atoms with E-state index in [1.54, 1.807) is 12.1 Å². The highest BCUT2D eigenvalue weighted by molar-refractivity contribution is 5.76. The smallest absolute Gasteiger partial charge is 0.169 e. The molecule has 18 heteroatoms. The molecule has 2 aromatic carbocycles. The summed E-state index contributed by atoms with van der Waals surface area (Å²) in [6, 6.07) is 28.6. The summed E-state index contributed by atoms with van der Waals surface area (Å²) in [5.41, 5.74) is 21.3. The highest BCUT2D eigenvalue weighted by atomic mass is 16.5. The van der Waals surface area contributed by atoms with E-state index in [2.05, 4.69) is 114 Å². The van der Waals surface area contributed by atoms with Gasteiger partial charge in [-0.15, -0.1) is 20.4 Å². The molecule has 18 nitrogen and oxygen atoms in total. The van der Waals surface area contributed by atoms with E-state index in [0.717, 1.165) is 149 Å². The van der Waals surface area contributed by atoms with Gasteiger partial charge >= 0.3 is 0 Å². The number of aromatic nitrogens is 6. The lowest BCUT2D eigenvalue weighted by molar-refractivity contribution is 0.105. The molecule has 10 heterocycles. The van der Waals surface area contributed by atoms with Gasteiger partial charge < -0.3 is 51.1 Å². The van der Waals surface area contributed by atoms with Crippen molar-refractivity contribution in [3.63, 3.8) is 0 Å². The summed E-state index contributed by atoms with van der Waals surface area (Å²) in [5.74, 6) is 15.6. The van der Waals surface area contributed by atoms with Crippen molar-refractivity contribution >= 4 is 34.4 Å². The first-order valence-electron chi connectivity index (χ1n) is 28.7. The number of nitrogen functional groups attached to an aromatic ring is 2. The van der Waals surface area contributed by atoms with Crippen molar-refractivity contribution in [2.75, 3.05) is 103 Å². The van der Waals surface area contributed by atoms with E-state index in [4.69, 9.17) is 16.2 Å². The topological polar surface area (TPSA) is 219 Å². The van der Waals surface area contributed by atoms with Crippen LogP contribution in [0.2, 0.25) is 0 Å². The first-order valence-corrected chi connectivity index (χ1v) is 28.7. The molecule has 0 spiro atoms. The number of hydrogen-bond donors (Lipinski definition) is 5. The zero-order chi connectivity index (χ0) is 54.5. The molecule has 7 N–H and O–H groups in total. The molecule has 4 bridgehead atoms. The van der Waals surface area contributed by atoms with Gasteiger partial charge in [0.25, 0.3) is 0 Å². The molecule has 0 radical (unpaired) electrons. The van der Waals surface area contributed by atoms with Gasteiger partial charge in [-0.1, -0.05) is 36.1 Å². The Kier molecular flexibility index (Phi) is 15.8. The number of rotatable bonds is 12. The fourth-order valence-corrected chi connectivity index (χ4v) is 13.4. The Bertz CT molecular complexity index is 3260. The van der Waals surface area contributed by atoms with Crippen molar-refractivity contribution in [3.05, 3.63) is 109 Å². The van der Waals surface area contributed by atoms with E-state index in [1.807, 2.05) is 54.9 Å². The van der Waals surface area contributed by atoms with Crippen molar-refractivity contribution in [2.24, 2.45) is 5.92 Å². The predicted octanol–water partition coefficient (Wildman–Crippen LogP) is 6.07. The Morgan fingerprint density at radius 1 is 0.575 bits per heavy atom. The van der Waals surface area contributed by atoms with Crippen LogP contribution in [0, 0.1) is 29.6 Å². The number of anilines is 6. The number of phenolic OH excluding ortho intramolecular Hbond substituents is 1. The van der Waals surface area contributed by atoms with Crippen LogP contribution in [0.25, 0.3) is 22.5 Å². The highest BCUT2D eigenvalue weighted by Crippen LogP contribution is 2.42. The number of aliphatic hydroxyl groups is 2. The zero-order valence-corrected chi connectivity index (χ0v) is 45.4. The van der Waals surface area contributed by atoms with Gasteiger partial charge in [0, 0.05) is 104 Å². The molecule has 6 fully saturated rings. The Hall–Kier alpha value is -7.74.